The summed E-state index contributed by atoms with van der Waals surface area (Å²) >= 11 is 6.44. The number of rotatable bonds is 7. The molecule has 0 atom stereocenters. The average Bonchev–Trinajstić information content (AvgIpc) is 3.40. The van der Waals surface area contributed by atoms with Crippen molar-refractivity contribution in [3.8, 4) is 32.7 Å². The van der Waals surface area contributed by atoms with E-state index >= 15 is 0 Å². The number of benzene rings is 3. The molecule has 0 saturated heterocycles. The van der Waals surface area contributed by atoms with Gasteiger partial charge in [-0.25, -0.2) is 0 Å². The number of aliphatic imine (C=N–C) groups is 1. The van der Waals surface area contributed by atoms with Crippen molar-refractivity contribution in [3.63, 3.8) is 0 Å². The Bertz CT molecular complexity index is 1360. The van der Waals surface area contributed by atoms with Gasteiger partial charge in [0.2, 0.25) is 0 Å². The van der Waals surface area contributed by atoms with Crippen molar-refractivity contribution in [3.05, 3.63) is 120 Å². The third kappa shape index (κ3) is 5.16. The molecule has 0 spiro atoms. The van der Waals surface area contributed by atoms with E-state index < -0.39 is 0 Å². The molecule has 0 aliphatic heterocycles. The molecule has 1 nitrogen and oxygen atoms in total. The van der Waals surface area contributed by atoms with Crippen molar-refractivity contribution < 1.29 is 0 Å². The molecule has 3 heteroatoms. The van der Waals surface area contributed by atoms with Gasteiger partial charge in [0.25, 0.3) is 0 Å². The van der Waals surface area contributed by atoms with E-state index in [1.165, 1.54) is 10.4 Å². The summed E-state index contributed by atoms with van der Waals surface area (Å²) in [6, 6.07) is 27.9. The molecule has 0 aliphatic rings. The first kappa shape index (κ1) is 22.8. The summed E-state index contributed by atoms with van der Waals surface area (Å²) in [5, 5.41) is 2.10. The lowest BCUT2D eigenvalue weighted by Gasteiger charge is -2.12. The maximum absolute atomic E-state index is 4.70. The van der Waals surface area contributed by atoms with Crippen LogP contribution in [0.4, 0.5) is 0 Å². The van der Waals surface area contributed by atoms with Gasteiger partial charge in [-0.1, -0.05) is 61.2 Å². The van der Waals surface area contributed by atoms with Crippen LogP contribution in [0.1, 0.15) is 18.1 Å². The van der Waals surface area contributed by atoms with Crippen molar-refractivity contribution in [2.24, 2.45) is 4.99 Å². The monoisotopic (exact) mass is 463 g/mol. The van der Waals surface area contributed by atoms with Gasteiger partial charge in [-0.05, 0) is 94.9 Å². The molecule has 0 unspecified atom stereocenters. The normalized spacial score (nSPS) is 11.9. The zero-order valence-electron chi connectivity index (χ0n) is 18.5. The molecule has 0 aliphatic carbocycles. The summed E-state index contributed by atoms with van der Waals surface area (Å²) in [4.78, 5) is 6.27. The molecule has 0 fully saturated rings. The smallest absolute Gasteiger partial charge is 0.0652 e. The third-order valence-corrected chi connectivity index (χ3v) is 6.77. The van der Waals surface area contributed by atoms with Crippen LogP contribution in [0.5, 0.6) is 0 Å². The van der Waals surface area contributed by atoms with Gasteiger partial charge in [-0.3, -0.25) is 4.99 Å². The predicted octanol–water partition coefficient (Wildman–Crippen LogP) is 9.27. The lowest BCUT2D eigenvalue weighted by Crippen LogP contribution is -1.87. The number of hydrogen-bond donors (Lipinski definition) is 1. The molecule has 33 heavy (non-hydrogen) atoms. The van der Waals surface area contributed by atoms with E-state index in [2.05, 4.69) is 103 Å². The summed E-state index contributed by atoms with van der Waals surface area (Å²) < 4.78 is 0. The second-order valence-corrected chi connectivity index (χ2v) is 8.99. The van der Waals surface area contributed by atoms with Crippen molar-refractivity contribution in [2.75, 3.05) is 0 Å². The molecule has 1 heterocycles. The van der Waals surface area contributed by atoms with Crippen molar-refractivity contribution in [1.29, 1.82) is 0 Å². The van der Waals surface area contributed by atoms with Crippen LogP contribution in [-0.2, 0) is 0 Å². The molecule has 0 radical (unpaired) electrons. The van der Waals surface area contributed by atoms with Crippen molar-refractivity contribution in [1.82, 2.24) is 0 Å². The minimum atomic E-state index is 0.886. The van der Waals surface area contributed by atoms with E-state index in [0.29, 0.717) is 0 Å². The standard InChI is InChI=1S/C30H25NS2/c1-4-9-29(32)26-18-25(19-27(20-26)30-14-8-15-33-30)23-12-6-10-21(16-23)22-11-7-13-24(17-22)28(5-2)31-3/h4-20,32H,1,3H2,2H3/b28-5-,29-9-. The molecular formula is C30H25NS2. The summed E-state index contributed by atoms with van der Waals surface area (Å²) in [5.74, 6) is 0. The molecule has 3 aromatic carbocycles. The van der Waals surface area contributed by atoms with Crippen LogP contribution in [0, 0.1) is 0 Å². The van der Waals surface area contributed by atoms with Crippen LogP contribution >= 0.6 is 24.0 Å². The number of hydrogen-bond acceptors (Lipinski definition) is 3. The minimum absolute atomic E-state index is 0.886. The number of thiophene rings is 1. The lowest BCUT2D eigenvalue weighted by molar-refractivity contribution is 1.49. The first-order valence-electron chi connectivity index (χ1n) is 10.7. The van der Waals surface area contributed by atoms with Gasteiger partial charge < -0.3 is 0 Å². The third-order valence-electron chi connectivity index (χ3n) is 5.44. The second-order valence-electron chi connectivity index (χ2n) is 7.56. The Balaban J connectivity index is 1.82. The van der Waals surface area contributed by atoms with Crippen LogP contribution < -0.4 is 0 Å². The van der Waals surface area contributed by atoms with Gasteiger partial charge in [0.1, 0.15) is 0 Å². The van der Waals surface area contributed by atoms with Gasteiger partial charge in [0, 0.05) is 15.3 Å². The minimum Gasteiger partial charge on any atom is -0.264 e. The number of nitrogens with zero attached hydrogens (tertiary/aromatic N) is 1. The summed E-state index contributed by atoms with van der Waals surface area (Å²) in [6.07, 6.45) is 5.67. The highest BCUT2D eigenvalue weighted by Gasteiger charge is 2.09. The molecule has 4 aromatic rings. The van der Waals surface area contributed by atoms with E-state index in [1.807, 2.05) is 19.1 Å². The predicted molar refractivity (Wildman–Crippen MR) is 151 cm³/mol. The highest BCUT2D eigenvalue weighted by atomic mass is 32.1. The fourth-order valence-corrected chi connectivity index (χ4v) is 4.77. The largest absolute Gasteiger partial charge is 0.264 e. The van der Waals surface area contributed by atoms with E-state index in [-0.39, 0.29) is 0 Å². The van der Waals surface area contributed by atoms with Gasteiger partial charge in [-0.2, -0.15) is 0 Å². The van der Waals surface area contributed by atoms with Gasteiger partial charge >= 0.3 is 0 Å². The number of allylic oxidation sites excluding steroid dienone is 3. The van der Waals surface area contributed by atoms with Crippen LogP contribution in [0.2, 0.25) is 0 Å². The van der Waals surface area contributed by atoms with E-state index in [1.54, 1.807) is 17.4 Å². The molecule has 1 aromatic heterocycles. The van der Waals surface area contributed by atoms with Crippen molar-refractivity contribution in [2.45, 2.75) is 6.92 Å². The Labute approximate surface area is 205 Å². The second kappa shape index (κ2) is 10.5. The summed E-state index contributed by atoms with van der Waals surface area (Å²) in [5.41, 5.74) is 8.82. The molecule has 0 N–H and O–H groups in total. The van der Waals surface area contributed by atoms with Gasteiger partial charge in [0.15, 0.2) is 0 Å². The highest BCUT2D eigenvalue weighted by Crippen LogP contribution is 2.35. The van der Waals surface area contributed by atoms with E-state index in [0.717, 1.165) is 44.0 Å². The maximum atomic E-state index is 4.70. The summed E-state index contributed by atoms with van der Waals surface area (Å²) in [6.45, 7) is 9.49. The quantitative estimate of drug-likeness (QED) is 0.159. The van der Waals surface area contributed by atoms with Crippen molar-refractivity contribution >= 4 is 41.3 Å². The van der Waals surface area contributed by atoms with Gasteiger partial charge in [-0.15, -0.1) is 24.0 Å². The topological polar surface area (TPSA) is 12.4 Å². The molecule has 0 bridgehead atoms. The Morgan fingerprint density at radius 1 is 0.818 bits per heavy atom. The first-order chi connectivity index (χ1) is 16.1. The fourth-order valence-electron chi connectivity index (χ4n) is 3.82. The van der Waals surface area contributed by atoms with E-state index in [4.69, 9.17) is 12.6 Å². The Hall–Kier alpha value is -3.40. The fraction of sp³-hybridized carbons (Fsp3) is 0.0333. The Morgan fingerprint density at radius 2 is 1.45 bits per heavy atom. The number of thiol groups is 1. The van der Waals surface area contributed by atoms with Crippen LogP contribution in [0.3, 0.4) is 0 Å². The molecule has 0 amide bonds. The zero-order chi connectivity index (χ0) is 23.2. The van der Waals surface area contributed by atoms with Gasteiger partial charge in [0.05, 0.1) is 5.70 Å². The zero-order valence-corrected chi connectivity index (χ0v) is 20.2. The molecular weight excluding hydrogens is 438 g/mol. The first-order valence-corrected chi connectivity index (χ1v) is 12.0. The molecule has 162 valence electrons. The van der Waals surface area contributed by atoms with Crippen LogP contribution in [0.15, 0.2) is 114 Å². The highest BCUT2D eigenvalue weighted by molar-refractivity contribution is 7.90. The molecule has 4 rings (SSSR count). The average molecular weight is 464 g/mol. The van der Waals surface area contributed by atoms with Crippen LogP contribution in [-0.4, -0.2) is 6.72 Å². The van der Waals surface area contributed by atoms with E-state index in [9.17, 15) is 0 Å². The lowest BCUT2D eigenvalue weighted by atomic mass is 9.95. The molecule has 0 saturated carbocycles. The van der Waals surface area contributed by atoms with Crippen LogP contribution in [0.25, 0.3) is 43.3 Å². The Morgan fingerprint density at radius 3 is 2.12 bits per heavy atom. The maximum Gasteiger partial charge on any atom is 0.0652 e. The SMILES string of the molecule is C=C/C=C(\S)c1cc(-c2cccc(-c3cccc(/C(=C/C)N=C)c3)c2)cc(-c2cccs2)c1. The summed E-state index contributed by atoms with van der Waals surface area (Å²) in [7, 11) is 0. The Kier molecular flexibility index (Phi) is 7.23.